The standard InChI is InChI=1S/C33H40N6O4/c1-33(2,3)43-32(40)38-18-15-24(21-38)35-30-29-28(42-27-16-19-37(22-27)25-8-6-5-7-9-25)14-17-34-31(29)39(36-30)20-23-10-12-26(41-4)13-11-23/h5-14,17,24,27H,15-16,18-22H2,1-4H3,(H,35,36). The third-order valence-corrected chi connectivity index (χ3v) is 7.83. The zero-order valence-electron chi connectivity index (χ0n) is 25.3. The summed E-state index contributed by atoms with van der Waals surface area (Å²) >= 11 is 0. The number of amides is 1. The van der Waals surface area contributed by atoms with E-state index < -0.39 is 5.60 Å². The molecule has 43 heavy (non-hydrogen) atoms. The Balaban J connectivity index is 1.26. The Hall–Kier alpha value is -4.47. The second kappa shape index (κ2) is 12.0. The zero-order chi connectivity index (χ0) is 30.0. The number of para-hydroxylation sites is 1. The number of likely N-dealkylation sites (tertiary alicyclic amines) is 1. The van der Waals surface area contributed by atoms with Gasteiger partial charge in [0.05, 0.1) is 20.2 Å². The van der Waals surface area contributed by atoms with Crippen molar-refractivity contribution in [2.24, 2.45) is 0 Å². The van der Waals surface area contributed by atoms with Gasteiger partial charge in [-0.05, 0) is 63.1 Å². The number of methoxy groups -OCH3 is 1. The van der Waals surface area contributed by atoms with Gasteiger partial charge in [-0.1, -0.05) is 30.3 Å². The number of fused-ring (bicyclic) bond motifs is 1. The Bertz CT molecular complexity index is 1550. The Morgan fingerprint density at radius 1 is 1.00 bits per heavy atom. The van der Waals surface area contributed by atoms with E-state index in [0.29, 0.717) is 25.5 Å². The Labute approximate surface area is 252 Å². The van der Waals surface area contributed by atoms with Crippen LogP contribution in [0.5, 0.6) is 11.5 Å². The lowest BCUT2D eigenvalue weighted by Crippen LogP contribution is -2.36. The minimum absolute atomic E-state index is 0.0214. The van der Waals surface area contributed by atoms with Crippen LogP contribution in [0.4, 0.5) is 16.3 Å². The van der Waals surface area contributed by atoms with E-state index in [1.807, 2.05) is 61.9 Å². The molecule has 4 aromatic rings. The quantitative estimate of drug-likeness (QED) is 0.288. The van der Waals surface area contributed by atoms with E-state index in [9.17, 15) is 4.79 Å². The average molecular weight is 585 g/mol. The molecule has 0 radical (unpaired) electrons. The van der Waals surface area contributed by atoms with Crippen molar-refractivity contribution >= 4 is 28.6 Å². The highest BCUT2D eigenvalue weighted by molar-refractivity contribution is 5.93. The molecule has 226 valence electrons. The van der Waals surface area contributed by atoms with Crippen molar-refractivity contribution in [3.8, 4) is 11.5 Å². The molecule has 1 N–H and O–H groups in total. The summed E-state index contributed by atoms with van der Waals surface area (Å²) in [5.41, 5.74) is 2.50. The number of aromatic nitrogens is 3. The lowest BCUT2D eigenvalue weighted by Gasteiger charge is -2.24. The van der Waals surface area contributed by atoms with Crippen molar-refractivity contribution in [1.82, 2.24) is 19.7 Å². The molecule has 2 unspecified atom stereocenters. The topological polar surface area (TPSA) is 94.0 Å². The molecule has 10 heteroatoms. The molecule has 0 spiro atoms. The van der Waals surface area contributed by atoms with Gasteiger partial charge in [0, 0.05) is 44.0 Å². The number of nitrogens with zero attached hydrogens (tertiary/aromatic N) is 5. The number of nitrogens with one attached hydrogen (secondary N) is 1. The van der Waals surface area contributed by atoms with E-state index in [-0.39, 0.29) is 18.2 Å². The normalized spacial score (nSPS) is 18.7. The second-order valence-electron chi connectivity index (χ2n) is 12.2. The molecule has 2 saturated heterocycles. The number of hydrogen-bond acceptors (Lipinski definition) is 8. The first kappa shape index (κ1) is 28.6. The summed E-state index contributed by atoms with van der Waals surface area (Å²) in [4.78, 5) is 21.6. The SMILES string of the molecule is COc1ccc(Cn2nc(NC3CCN(C(=O)OC(C)(C)C)C3)c3c(OC4CCN(c5ccccc5)C4)ccnc32)cc1. The van der Waals surface area contributed by atoms with Gasteiger partial charge < -0.3 is 29.3 Å². The van der Waals surface area contributed by atoms with E-state index in [1.54, 1.807) is 18.2 Å². The van der Waals surface area contributed by atoms with Gasteiger partial charge in [-0.3, -0.25) is 0 Å². The third kappa shape index (κ3) is 6.63. The van der Waals surface area contributed by atoms with Crippen LogP contribution in [0.2, 0.25) is 0 Å². The van der Waals surface area contributed by atoms with E-state index in [4.69, 9.17) is 24.3 Å². The van der Waals surface area contributed by atoms with Crippen LogP contribution in [0, 0.1) is 0 Å². The molecule has 2 atom stereocenters. The van der Waals surface area contributed by atoms with Crippen molar-refractivity contribution < 1.29 is 19.0 Å². The van der Waals surface area contributed by atoms with E-state index in [1.165, 1.54) is 5.69 Å². The van der Waals surface area contributed by atoms with Gasteiger partial charge in [0.1, 0.15) is 28.6 Å². The molecule has 2 aromatic heterocycles. The molecule has 2 aliphatic heterocycles. The maximum Gasteiger partial charge on any atom is 0.410 e. The molecule has 4 heterocycles. The molecule has 10 nitrogen and oxygen atoms in total. The Kier molecular flexibility index (Phi) is 8.01. The highest BCUT2D eigenvalue weighted by Crippen LogP contribution is 2.35. The van der Waals surface area contributed by atoms with Gasteiger partial charge in [-0.2, -0.15) is 5.10 Å². The van der Waals surface area contributed by atoms with Crippen LogP contribution >= 0.6 is 0 Å². The fraction of sp³-hybridized carbons (Fsp3) is 0.424. The summed E-state index contributed by atoms with van der Waals surface area (Å²) < 4.78 is 19.5. The molecular formula is C33H40N6O4. The van der Waals surface area contributed by atoms with Crippen molar-refractivity contribution in [2.75, 3.05) is 43.5 Å². The van der Waals surface area contributed by atoms with Gasteiger partial charge in [0.2, 0.25) is 0 Å². The predicted molar refractivity (Wildman–Crippen MR) is 167 cm³/mol. The molecule has 2 aliphatic rings. The summed E-state index contributed by atoms with van der Waals surface area (Å²) in [6.45, 7) is 9.10. The maximum atomic E-state index is 12.7. The van der Waals surface area contributed by atoms with Crippen LogP contribution in [0.1, 0.15) is 39.2 Å². The van der Waals surface area contributed by atoms with Crippen LogP contribution in [0.15, 0.2) is 66.9 Å². The number of rotatable bonds is 8. The largest absolute Gasteiger partial charge is 0.497 e. The van der Waals surface area contributed by atoms with Gasteiger partial charge in [-0.15, -0.1) is 0 Å². The lowest BCUT2D eigenvalue weighted by molar-refractivity contribution is 0.0293. The molecule has 2 aromatic carbocycles. The van der Waals surface area contributed by atoms with Crippen LogP contribution in [-0.2, 0) is 11.3 Å². The zero-order valence-corrected chi connectivity index (χ0v) is 25.3. The highest BCUT2D eigenvalue weighted by Gasteiger charge is 2.32. The first-order chi connectivity index (χ1) is 20.8. The van der Waals surface area contributed by atoms with Crippen molar-refractivity contribution in [3.63, 3.8) is 0 Å². The number of pyridine rings is 1. The van der Waals surface area contributed by atoms with Gasteiger partial charge in [-0.25, -0.2) is 14.5 Å². The summed E-state index contributed by atoms with van der Waals surface area (Å²) in [5.74, 6) is 2.28. The average Bonchev–Trinajstić information content (AvgIpc) is 3.74. The number of ether oxygens (including phenoxy) is 3. The van der Waals surface area contributed by atoms with Crippen LogP contribution in [-0.4, -0.2) is 76.8 Å². The van der Waals surface area contributed by atoms with E-state index in [2.05, 4.69) is 34.5 Å². The van der Waals surface area contributed by atoms with Crippen LogP contribution in [0.3, 0.4) is 0 Å². The van der Waals surface area contributed by atoms with Crippen molar-refractivity contribution in [1.29, 1.82) is 0 Å². The van der Waals surface area contributed by atoms with Crippen LogP contribution in [0.25, 0.3) is 11.0 Å². The lowest BCUT2D eigenvalue weighted by atomic mass is 10.2. The Morgan fingerprint density at radius 2 is 1.79 bits per heavy atom. The molecular weight excluding hydrogens is 544 g/mol. The Morgan fingerprint density at radius 3 is 2.53 bits per heavy atom. The highest BCUT2D eigenvalue weighted by atomic mass is 16.6. The van der Waals surface area contributed by atoms with Gasteiger partial charge in [0.25, 0.3) is 0 Å². The minimum Gasteiger partial charge on any atom is -0.497 e. The third-order valence-electron chi connectivity index (χ3n) is 7.83. The summed E-state index contributed by atoms with van der Waals surface area (Å²) in [5, 5.41) is 9.48. The molecule has 0 bridgehead atoms. The van der Waals surface area contributed by atoms with E-state index >= 15 is 0 Å². The number of carbonyl (C=O) groups is 1. The monoisotopic (exact) mass is 584 g/mol. The van der Waals surface area contributed by atoms with Crippen LogP contribution < -0.4 is 19.7 Å². The molecule has 6 rings (SSSR count). The molecule has 2 fully saturated rings. The summed E-state index contributed by atoms with van der Waals surface area (Å²) in [6.07, 6.45) is 3.25. The fourth-order valence-electron chi connectivity index (χ4n) is 5.72. The maximum absolute atomic E-state index is 12.7. The first-order valence-corrected chi connectivity index (χ1v) is 15.0. The number of benzene rings is 2. The van der Waals surface area contributed by atoms with Crippen molar-refractivity contribution in [3.05, 3.63) is 72.4 Å². The van der Waals surface area contributed by atoms with E-state index in [0.717, 1.165) is 54.0 Å². The van der Waals surface area contributed by atoms with Crippen molar-refractivity contribution in [2.45, 2.75) is 57.9 Å². The second-order valence-corrected chi connectivity index (χ2v) is 12.2. The van der Waals surface area contributed by atoms with Gasteiger partial charge >= 0.3 is 6.09 Å². The number of carbonyl (C=O) groups excluding carboxylic acids is 1. The smallest absolute Gasteiger partial charge is 0.410 e. The fourth-order valence-corrected chi connectivity index (χ4v) is 5.72. The first-order valence-electron chi connectivity index (χ1n) is 15.0. The molecule has 0 saturated carbocycles. The number of hydrogen-bond donors (Lipinski definition) is 1. The van der Waals surface area contributed by atoms with Gasteiger partial charge in [0.15, 0.2) is 11.5 Å². The summed E-state index contributed by atoms with van der Waals surface area (Å²) in [7, 11) is 1.66. The molecule has 0 aliphatic carbocycles. The minimum atomic E-state index is -0.534. The number of anilines is 2. The predicted octanol–water partition coefficient (Wildman–Crippen LogP) is 5.57. The molecule has 1 amide bonds. The summed E-state index contributed by atoms with van der Waals surface area (Å²) in [6, 6.07) is 20.4.